The van der Waals surface area contributed by atoms with Gasteiger partial charge in [-0.2, -0.15) is 0 Å². The molecular formula is C12H21N3O3. The second kappa shape index (κ2) is 6.44. The maximum absolute atomic E-state index is 5.59. The van der Waals surface area contributed by atoms with Gasteiger partial charge in [0.15, 0.2) is 0 Å². The molecule has 0 heterocycles. The molecule has 102 valence electrons. The van der Waals surface area contributed by atoms with Gasteiger partial charge in [-0.1, -0.05) is 0 Å². The summed E-state index contributed by atoms with van der Waals surface area (Å²) in [5, 5.41) is 0. The quantitative estimate of drug-likeness (QED) is 0.444. The van der Waals surface area contributed by atoms with E-state index < -0.39 is 0 Å². The Balaban J connectivity index is 3.38. The Labute approximate surface area is 108 Å². The van der Waals surface area contributed by atoms with Crippen molar-refractivity contribution in [1.29, 1.82) is 0 Å². The van der Waals surface area contributed by atoms with Gasteiger partial charge in [-0.15, -0.1) is 0 Å². The number of ether oxygens (including phenoxy) is 3. The van der Waals surface area contributed by atoms with E-state index in [1.54, 1.807) is 33.5 Å². The highest BCUT2D eigenvalue weighted by Crippen LogP contribution is 2.38. The average Bonchev–Trinajstić information content (AvgIpc) is 2.38. The van der Waals surface area contributed by atoms with E-state index in [1.165, 1.54) is 0 Å². The molecule has 6 heteroatoms. The summed E-state index contributed by atoms with van der Waals surface area (Å²) >= 11 is 0. The van der Waals surface area contributed by atoms with Gasteiger partial charge in [-0.25, -0.2) is 5.43 Å². The smallest absolute Gasteiger partial charge is 0.132 e. The standard InChI is InChI=1S/C12H21N3O3/c1-15(2)12(14-13)11-9(17-4)6-8(16-3)7-10(11)18-5/h6-7,12,14H,13H2,1-5H3. The van der Waals surface area contributed by atoms with Crippen LogP contribution in [0.1, 0.15) is 11.7 Å². The molecule has 1 atom stereocenters. The molecule has 3 N–H and O–H groups in total. The van der Waals surface area contributed by atoms with Crippen molar-refractivity contribution < 1.29 is 14.2 Å². The highest BCUT2D eigenvalue weighted by atomic mass is 16.5. The SMILES string of the molecule is COc1cc(OC)c(C(NN)N(C)C)c(OC)c1. The number of hydrazine groups is 1. The number of nitrogens with zero attached hydrogens (tertiary/aromatic N) is 1. The molecule has 0 aliphatic carbocycles. The Kier molecular flexibility index (Phi) is 5.21. The maximum Gasteiger partial charge on any atom is 0.132 e. The second-order valence-electron chi connectivity index (χ2n) is 3.98. The molecule has 1 rings (SSSR count). The molecule has 0 fully saturated rings. The van der Waals surface area contributed by atoms with Crippen LogP contribution in [0, 0.1) is 0 Å². The van der Waals surface area contributed by atoms with Crippen molar-refractivity contribution in [3.05, 3.63) is 17.7 Å². The predicted molar refractivity (Wildman–Crippen MR) is 69.8 cm³/mol. The molecule has 6 nitrogen and oxygen atoms in total. The highest BCUT2D eigenvalue weighted by Gasteiger charge is 2.23. The van der Waals surface area contributed by atoms with Crippen LogP contribution < -0.4 is 25.5 Å². The van der Waals surface area contributed by atoms with E-state index in [4.69, 9.17) is 20.1 Å². The van der Waals surface area contributed by atoms with Crippen molar-refractivity contribution in [2.24, 2.45) is 5.84 Å². The lowest BCUT2D eigenvalue weighted by atomic mass is 10.1. The topological polar surface area (TPSA) is 69.0 Å². The van der Waals surface area contributed by atoms with Gasteiger partial charge < -0.3 is 14.2 Å². The van der Waals surface area contributed by atoms with E-state index in [-0.39, 0.29) is 6.17 Å². The minimum atomic E-state index is -0.221. The van der Waals surface area contributed by atoms with E-state index in [9.17, 15) is 0 Å². The third kappa shape index (κ3) is 2.84. The van der Waals surface area contributed by atoms with Gasteiger partial charge in [-0.05, 0) is 14.1 Å². The van der Waals surface area contributed by atoms with Crippen LogP contribution in [-0.4, -0.2) is 40.3 Å². The zero-order valence-corrected chi connectivity index (χ0v) is 11.5. The molecular weight excluding hydrogens is 234 g/mol. The molecule has 0 saturated heterocycles. The minimum Gasteiger partial charge on any atom is -0.496 e. The minimum absolute atomic E-state index is 0.221. The fraction of sp³-hybridized carbons (Fsp3) is 0.500. The molecule has 0 spiro atoms. The zero-order valence-electron chi connectivity index (χ0n) is 11.5. The zero-order chi connectivity index (χ0) is 13.7. The largest absolute Gasteiger partial charge is 0.496 e. The van der Waals surface area contributed by atoms with Gasteiger partial charge in [0.05, 0.1) is 26.9 Å². The number of methoxy groups -OCH3 is 3. The molecule has 1 unspecified atom stereocenters. The number of nitrogens with one attached hydrogen (secondary N) is 1. The molecule has 0 radical (unpaired) electrons. The molecule has 1 aromatic carbocycles. The lowest BCUT2D eigenvalue weighted by Crippen LogP contribution is -2.38. The van der Waals surface area contributed by atoms with E-state index in [0.717, 1.165) is 5.56 Å². The highest BCUT2D eigenvalue weighted by molar-refractivity contribution is 5.52. The number of rotatable bonds is 6. The number of benzene rings is 1. The normalized spacial score (nSPS) is 12.4. The summed E-state index contributed by atoms with van der Waals surface area (Å²) in [5.74, 6) is 7.57. The molecule has 18 heavy (non-hydrogen) atoms. The Morgan fingerprint density at radius 3 is 1.83 bits per heavy atom. The van der Waals surface area contributed by atoms with Crippen molar-refractivity contribution in [1.82, 2.24) is 10.3 Å². The van der Waals surface area contributed by atoms with Crippen LogP contribution in [0.15, 0.2) is 12.1 Å². The van der Waals surface area contributed by atoms with Crippen LogP contribution in [0.3, 0.4) is 0 Å². The maximum atomic E-state index is 5.59. The van der Waals surface area contributed by atoms with Gasteiger partial charge in [0.25, 0.3) is 0 Å². The fourth-order valence-electron chi connectivity index (χ4n) is 1.79. The first-order valence-corrected chi connectivity index (χ1v) is 5.51. The number of hydrogen-bond acceptors (Lipinski definition) is 6. The number of nitrogens with two attached hydrogens (primary N) is 1. The van der Waals surface area contributed by atoms with Crippen LogP contribution in [0.2, 0.25) is 0 Å². The first-order chi connectivity index (χ1) is 8.58. The molecule has 0 aromatic heterocycles. The molecule has 0 aliphatic rings. The summed E-state index contributed by atoms with van der Waals surface area (Å²) in [5.41, 5.74) is 3.56. The summed E-state index contributed by atoms with van der Waals surface area (Å²) < 4.78 is 16.0. The molecule has 0 amide bonds. The van der Waals surface area contributed by atoms with Crippen LogP contribution in [-0.2, 0) is 0 Å². The van der Waals surface area contributed by atoms with E-state index in [1.807, 2.05) is 19.0 Å². The third-order valence-electron chi connectivity index (χ3n) is 2.70. The van der Waals surface area contributed by atoms with Crippen LogP contribution in [0.4, 0.5) is 0 Å². The summed E-state index contributed by atoms with van der Waals surface area (Å²) in [6.45, 7) is 0. The van der Waals surface area contributed by atoms with Gasteiger partial charge in [0, 0.05) is 12.1 Å². The summed E-state index contributed by atoms with van der Waals surface area (Å²) in [4.78, 5) is 1.92. The Bertz CT molecular complexity index is 371. The van der Waals surface area contributed by atoms with Crippen LogP contribution in [0.25, 0.3) is 0 Å². The van der Waals surface area contributed by atoms with Crippen molar-refractivity contribution in [3.8, 4) is 17.2 Å². The van der Waals surface area contributed by atoms with Crippen molar-refractivity contribution >= 4 is 0 Å². The lowest BCUT2D eigenvalue weighted by Gasteiger charge is -2.27. The number of hydrogen-bond donors (Lipinski definition) is 2. The van der Waals surface area contributed by atoms with Crippen LogP contribution >= 0.6 is 0 Å². The molecule has 0 saturated carbocycles. The van der Waals surface area contributed by atoms with Crippen LogP contribution in [0.5, 0.6) is 17.2 Å². The summed E-state index contributed by atoms with van der Waals surface area (Å²) in [6, 6.07) is 3.59. The van der Waals surface area contributed by atoms with E-state index in [2.05, 4.69) is 5.43 Å². The second-order valence-corrected chi connectivity index (χ2v) is 3.98. The van der Waals surface area contributed by atoms with Gasteiger partial charge >= 0.3 is 0 Å². The van der Waals surface area contributed by atoms with Gasteiger partial charge in [0.1, 0.15) is 23.4 Å². The Morgan fingerprint density at radius 1 is 1.06 bits per heavy atom. The third-order valence-corrected chi connectivity index (χ3v) is 2.70. The molecule has 1 aromatic rings. The lowest BCUT2D eigenvalue weighted by molar-refractivity contribution is 0.237. The molecule has 0 aliphatic heterocycles. The van der Waals surface area contributed by atoms with Crippen molar-refractivity contribution in [2.45, 2.75) is 6.17 Å². The van der Waals surface area contributed by atoms with Gasteiger partial charge in [-0.3, -0.25) is 10.7 Å². The van der Waals surface area contributed by atoms with E-state index in [0.29, 0.717) is 17.2 Å². The van der Waals surface area contributed by atoms with Crippen molar-refractivity contribution in [2.75, 3.05) is 35.4 Å². The first-order valence-electron chi connectivity index (χ1n) is 5.51. The first kappa shape index (κ1) is 14.6. The Hall–Kier alpha value is -1.50. The van der Waals surface area contributed by atoms with E-state index >= 15 is 0 Å². The predicted octanol–water partition coefficient (Wildman–Crippen LogP) is 0.736. The monoisotopic (exact) mass is 255 g/mol. The van der Waals surface area contributed by atoms with Gasteiger partial charge in [0.2, 0.25) is 0 Å². The molecule has 0 bridgehead atoms. The summed E-state index contributed by atoms with van der Waals surface area (Å²) in [6.07, 6.45) is -0.221. The fourth-order valence-corrected chi connectivity index (χ4v) is 1.79. The average molecular weight is 255 g/mol. The van der Waals surface area contributed by atoms with Crippen molar-refractivity contribution in [3.63, 3.8) is 0 Å². The Morgan fingerprint density at radius 2 is 1.56 bits per heavy atom. The summed E-state index contributed by atoms with van der Waals surface area (Å²) in [7, 11) is 8.61.